The first kappa shape index (κ1) is 19.3. The lowest BCUT2D eigenvalue weighted by atomic mass is 10.1. The minimum absolute atomic E-state index is 0. The molecule has 3 aromatic carbocycles. The number of rotatable bonds is 6. The topological polar surface area (TPSA) is 26.2 Å². The molecule has 1 N–H and O–H groups in total. The average molecular weight is 380 g/mol. The van der Waals surface area contributed by atoms with Gasteiger partial charge in [-0.15, -0.1) is 0 Å². The summed E-state index contributed by atoms with van der Waals surface area (Å²) in [6.07, 6.45) is 0. The summed E-state index contributed by atoms with van der Waals surface area (Å²) in [6, 6.07) is 23.7. The van der Waals surface area contributed by atoms with Crippen molar-refractivity contribution >= 4 is 21.8 Å². The van der Waals surface area contributed by atoms with Crippen molar-refractivity contribution < 1.29 is 17.1 Å². The van der Waals surface area contributed by atoms with Crippen LogP contribution < -0.4 is 22.5 Å². The van der Waals surface area contributed by atoms with Gasteiger partial charge in [-0.3, -0.25) is 0 Å². The molecule has 0 radical (unpaired) electrons. The maximum absolute atomic E-state index is 5.21. The van der Waals surface area contributed by atoms with E-state index >= 15 is 0 Å². The molecular weight excluding hydrogens is 356 g/mol. The fraction of sp³-hybridized carbons (Fsp3) is 0.217. The number of ether oxygens (including phenoxy) is 1. The highest BCUT2D eigenvalue weighted by Crippen LogP contribution is 2.29. The molecular formula is C23H24ClN2O-. The zero-order chi connectivity index (χ0) is 17.9. The SMILES string of the molecule is CCn1c2ccccc2c2cc(CNCc3ccc(OC)cc3)ccc21.[Cl-]. The van der Waals surface area contributed by atoms with Gasteiger partial charge in [-0.05, 0) is 48.4 Å². The van der Waals surface area contributed by atoms with Gasteiger partial charge in [0, 0.05) is 41.4 Å². The minimum Gasteiger partial charge on any atom is -1.00 e. The third-order valence-corrected chi connectivity index (χ3v) is 4.97. The number of aryl methyl sites for hydroxylation is 1. The monoisotopic (exact) mass is 379 g/mol. The maximum Gasteiger partial charge on any atom is 0.118 e. The highest BCUT2D eigenvalue weighted by molar-refractivity contribution is 6.08. The predicted octanol–water partition coefficient (Wildman–Crippen LogP) is 2.12. The second-order valence-corrected chi connectivity index (χ2v) is 6.56. The number of hydrogen-bond acceptors (Lipinski definition) is 2. The van der Waals surface area contributed by atoms with Crippen LogP contribution in [0, 0.1) is 0 Å². The first-order valence-corrected chi connectivity index (χ1v) is 9.13. The number of fused-ring (bicyclic) bond motifs is 3. The first-order chi connectivity index (χ1) is 12.8. The van der Waals surface area contributed by atoms with Crippen LogP contribution in [0.4, 0.5) is 0 Å². The van der Waals surface area contributed by atoms with Crippen LogP contribution in [0.15, 0.2) is 66.7 Å². The van der Waals surface area contributed by atoms with Crippen molar-refractivity contribution in [2.24, 2.45) is 0 Å². The maximum atomic E-state index is 5.21. The number of para-hydroxylation sites is 1. The van der Waals surface area contributed by atoms with E-state index in [1.807, 2.05) is 12.1 Å². The van der Waals surface area contributed by atoms with Gasteiger partial charge in [-0.1, -0.05) is 36.4 Å². The van der Waals surface area contributed by atoms with E-state index in [1.54, 1.807) is 7.11 Å². The minimum atomic E-state index is 0. The molecule has 0 unspecified atom stereocenters. The van der Waals surface area contributed by atoms with Gasteiger partial charge in [0.15, 0.2) is 0 Å². The number of hydrogen-bond donors (Lipinski definition) is 1. The van der Waals surface area contributed by atoms with Crippen molar-refractivity contribution in [3.05, 3.63) is 77.9 Å². The number of benzene rings is 3. The van der Waals surface area contributed by atoms with Crippen LogP contribution >= 0.6 is 0 Å². The van der Waals surface area contributed by atoms with Gasteiger partial charge >= 0.3 is 0 Å². The molecule has 0 saturated heterocycles. The molecule has 1 aromatic heterocycles. The zero-order valence-corrected chi connectivity index (χ0v) is 16.5. The Morgan fingerprint density at radius 2 is 1.48 bits per heavy atom. The van der Waals surface area contributed by atoms with E-state index in [9.17, 15) is 0 Å². The van der Waals surface area contributed by atoms with E-state index in [1.165, 1.54) is 32.9 Å². The highest BCUT2D eigenvalue weighted by atomic mass is 35.5. The molecule has 4 rings (SSSR count). The van der Waals surface area contributed by atoms with E-state index in [0.29, 0.717) is 0 Å². The summed E-state index contributed by atoms with van der Waals surface area (Å²) in [5, 5.41) is 6.22. The average Bonchev–Trinajstić information content (AvgIpc) is 3.01. The molecule has 0 atom stereocenters. The Morgan fingerprint density at radius 3 is 2.22 bits per heavy atom. The summed E-state index contributed by atoms with van der Waals surface area (Å²) in [4.78, 5) is 0. The van der Waals surface area contributed by atoms with Gasteiger partial charge in [0.25, 0.3) is 0 Å². The van der Waals surface area contributed by atoms with Gasteiger partial charge in [0.1, 0.15) is 5.75 Å². The van der Waals surface area contributed by atoms with Crippen molar-refractivity contribution in [2.45, 2.75) is 26.6 Å². The quantitative estimate of drug-likeness (QED) is 0.555. The Morgan fingerprint density at radius 1 is 0.815 bits per heavy atom. The molecule has 4 aromatic rings. The van der Waals surface area contributed by atoms with Crippen LogP contribution in [0.25, 0.3) is 21.8 Å². The fourth-order valence-corrected chi connectivity index (χ4v) is 3.65. The molecule has 0 aliphatic rings. The Balaban J connectivity index is 0.00000210. The number of nitrogens with one attached hydrogen (secondary N) is 1. The van der Waals surface area contributed by atoms with Crippen molar-refractivity contribution in [1.82, 2.24) is 9.88 Å². The molecule has 0 spiro atoms. The second kappa shape index (κ2) is 8.47. The molecule has 0 bridgehead atoms. The Bertz CT molecular complexity index is 1040. The standard InChI is InChI=1S/C23H24N2O.ClH/c1-3-25-22-7-5-4-6-20(22)21-14-18(10-13-23(21)25)16-24-15-17-8-11-19(26-2)12-9-17;/h4-14,24H,3,15-16H2,1-2H3;1H/p-1. The van der Waals surface area contributed by atoms with Gasteiger partial charge in [0.2, 0.25) is 0 Å². The van der Waals surface area contributed by atoms with Gasteiger partial charge < -0.3 is 27.0 Å². The molecule has 4 heteroatoms. The smallest absolute Gasteiger partial charge is 0.118 e. The molecule has 0 fully saturated rings. The summed E-state index contributed by atoms with van der Waals surface area (Å²) in [7, 11) is 1.69. The largest absolute Gasteiger partial charge is 1.00 e. The van der Waals surface area contributed by atoms with Crippen LogP contribution in [0.1, 0.15) is 18.1 Å². The molecule has 3 nitrogen and oxygen atoms in total. The molecule has 0 aliphatic heterocycles. The third kappa shape index (κ3) is 3.80. The summed E-state index contributed by atoms with van der Waals surface area (Å²) < 4.78 is 7.60. The first-order valence-electron chi connectivity index (χ1n) is 9.13. The lowest BCUT2D eigenvalue weighted by Crippen LogP contribution is -3.00. The molecule has 27 heavy (non-hydrogen) atoms. The lowest BCUT2D eigenvalue weighted by Gasteiger charge is -2.07. The summed E-state index contributed by atoms with van der Waals surface area (Å²) in [5.74, 6) is 0.895. The summed E-state index contributed by atoms with van der Waals surface area (Å²) in [6.45, 7) is 4.89. The van der Waals surface area contributed by atoms with Crippen LogP contribution in [-0.2, 0) is 19.6 Å². The molecule has 0 saturated carbocycles. The molecule has 1 heterocycles. The lowest BCUT2D eigenvalue weighted by molar-refractivity contribution is -0.00000553. The van der Waals surface area contributed by atoms with Gasteiger partial charge in [-0.2, -0.15) is 0 Å². The number of nitrogens with zero attached hydrogens (tertiary/aromatic N) is 1. The Labute approximate surface area is 166 Å². The van der Waals surface area contributed by atoms with E-state index in [4.69, 9.17) is 4.74 Å². The summed E-state index contributed by atoms with van der Waals surface area (Å²) in [5.41, 5.74) is 5.19. The second-order valence-electron chi connectivity index (χ2n) is 6.56. The number of halogens is 1. The highest BCUT2D eigenvalue weighted by Gasteiger charge is 2.09. The zero-order valence-electron chi connectivity index (χ0n) is 15.7. The normalized spacial score (nSPS) is 10.9. The summed E-state index contributed by atoms with van der Waals surface area (Å²) >= 11 is 0. The van der Waals surface area contributed by atoms with Crippen LogP contribution in [0.5, 0.6) is 5.75 Å². The van der Waals surface area contributed by atoms with Crippen LogP contribution in [0.3, 0.4) is 0 Å². The van der Waals surface area contributed by atoms with Gasteiger partial charge in [-0.25, -0.2) is 0 Å². The van der Waals surface area contributed by atoms with Crippen LogP contribution in [0.2, 0.25) is 0 Å². The van der Waals surface area contributed by atoms with Gasteiger partial charge in [0.05, 0.1) is 7.11 Å². The molecule has 140 valence electrons. The fourth-order valence-electron chi connectivity index (χ4n) is 3.65. The van der Waals surface area contributed by atoms with E-state index < -0.39 is 0 Å². The van der Waals surface area contributed by atoms with Crippen LogP contribution in [-0.4, -0.2) is 11.7 Å². The van der Waals surface area contributed by atoms with E-state index in [2.05, 4.69) is 71.4 Å². The van der Waals surface area contributed by atoms with Crippen molar-refractivity contribution in [3.8, 4) is 5.75 Å². The molecule has 0 aliphatic carbocycles. The van der Waals surface area contributed by atoms with Crippen molar-refractivity contribution in [1.29, 1.82) is 0 Å². The number of methoxy groups -OCH3 is 1. The molecule has 0 amide bonds. The third-order valence-electron chi connectivity index (χ3n) is 4.97. The van der Waals surface area contributed by atoms with E-state index in [0.717, 1.165) is 25.4 Å². The number of aromatic nitrogens is 1. The predicted molar refractivity (Wildman–Crippen MR) is 109 cm³/mol. The van der Waals surface area contributed by atoms with E-state index in [-0.39, 0.29) is 12.4 Å². The van der Waals surface area contributed by atoms with Crippen molar-refractivity contribution in [3.63, 3.8) is 0 Å². The Hall–Kier alpha value is -2.49. The van der Waals surface area contributed by atoms with Crippen molar-refractivity contribution in [2.75, 3.05) is 7.11 Å². The Kier molecular flexibility index (Phi) is 6.04.